The number of benzene rings is 2. The van der Waals surface area contributed by atoms with E-state index >= 15 is 0 Å². The SMILES string of the molecule is Cc1ccc(S(=O)(=O)/N=c2/cc(Cc3ccccc3)c(C#N)c3ccccn23)cc1. The summed E-state index contributed by atoms with van der Waals surface area (Å²) in [5, 5.41) is 9.81. The molecule has 0 saturated carbocycles. The van der Waals surface area contributed by atoms with E-state index in [9.17, 15) is 13.7 Å². The summed E-state index contributed by atoms with van der Waals surface area (Å²) in [6.07, 6.45) is 2.22. The minimum Gasteiger partial charge on any atom is -0.300 e. The summed E-state index contributed by atoms with van der Waals surface area (Å²) in [7, 11) is -3.91. The molecule has 0 aliphatic rings. The topological polar surface area (TPSA) is 74.7 Å². The fraction of sp³-hybridized carbons (Fsp3) is 0.0833. The molecule has 30 heavy (non-hydrogen) atoms. The van der Waals surface area contributed by atoms with Crippen LogP contribution in [-0.4, -0.2) is 12.8 Å². The van der Waals surface area contributed by atoms with Crippen LogP contribution in [0, 0.1) is 18.3 Å². The maximum Gasteiger partial charge on any atom is 0.284 e. The van der Waals surface area contributed by atoms with Gasteiger partial charge in [0.25, 0.3) is 10.0 Å². The van der Waals surface area contributed by atoms with Gasteiger partial charge in [0.15, 0.2) is 5.49 Å². The van der Waals surface area contributed by atoms with Gasteiger partial charge >= 0.3 is 0 Å². The van der Waals surface area contributed by atoms with E-state index in [-0.39, 0.29) is 10.4 Å². The predicted octanol–water partition coefficient (Wildman–Crippen LogP) is 4.00. The number of nitriles is 1. The lowest BCUT2D eigenvalue weighted by Gasteiger charge is -2.10. The third-order valence-electron chi connectivity index (χ3n) is 4.87. The highest BCUT2D eigenvalue weighted by atomic mass is 32.2. The summed E-state index contributed by atoms with van der Waals surface area (Å²) in [5.74, 6) is 0. The molecule has 5 nitrogen and oxygen atoms in total. The van der Waals surface area contributed by atoms with E-state index in [1.54, 1.807) is 53.1 Å². The zero-order valence-corrected chi connectivity index (χ0v) is 17.2. The highest BCUT2D eigenvalue weighted by molar-refractivity contribution is 7.90. The van der Waals surface area contributed by atoms with Crippen LogP contribution in [0.4, 0.5) is 0 Å². The fourth-order valence-corrected chi connectivity index (χ4v) is 4.32. The molecule has 2 aromatic heterocycles. The molecule has 0 N–H and O–H groups in total. The third-order valence-corrected chi connectivity index (χ3v) is 6.16. The second kappa shape index (κ2) is 7.97. The van der Waals surface area contributed by atoms with Crippen LogP contribution < -0.4 is 5.49 Å². The van der Waals surface area contributed by atoms with Crippen molar-refractivity contribution in [3.05, 3.63) is 113 Å². The van der Waals surface area contributed by atoms with E-state index < -0.39 is 10.0 Å². The van der Waals surface area contributed by atoms with Gasteiger partial charge < -0.3 is 0 Å². The van der Waals surface area contributed by atoms with E-state index in [0.29, 0.717) is 17.5 Å². The second-order valence-corrected chi connectivity index (χ2v) is 8.62. The van der Waals surface area contributed by atoms with Crippen LogP contribution >= 0.6 is 0 Å². The number of aryl methyl sites for hydroxylation is 1. The largest absolute Gasteiger partial charge is 0.300 e. The molecule has 0 fully saturated rings. The molecular weight excluding hydrogens is 394 g/mol. The first kappa shape index (κ1) is 19.6. The molecule has 2 aromatic carbocycles. The molecule has 0 amide bonds. The van der Waals surface area contributed by atoms with Crippen molar-refractivity contribution in [3.63, 3.8) is 0 Å². The van der Waals surface area contributed by atoms with Gasteiger partial charge in [0.2, 0.25) is 0 Å². The van der Waals surface area contributed by atoms with Crippen LogP contribution in [0.25, 0.3) is 5.52 Å². The number of sulfonamides is 1. The van der Waals surface area contributed by atoms with Gasteiger partial charge in [-0.15, -0.1) is 4.40 Å². The average Bonchev–Trinajstić information content (AvgIpc) is 2.75. The normalized spacial score (nSPS) is 12.1. The molecule has 2 heterocycles. The molecule has 0 bridgehead atoms. The quantitative estimate of drug-likeness (QED) is 0.507. The highest BCUT2D eigenvalue weighted by Crippen LogP contribution is 2.18. The average molecular weight is 414 g/mol. The van der Waals surface area contributed by atoms with Crippen molar-refractivity contribution in [1.82, 2.24) is 4.40 Å². The van der Waals surface area contributed by atoms with Crippen molar-refractivity contribution in [3.8, 4) is 6.07 Å². The number of pyridine rings is 2. The highest BCUT2D eigenvalue weighted by Gasteiger charge is 2.15. The van der Waals surface area contributed by atoms with Gasteiger partial charge in [-0.05, 0) is 54.8 Å². The Hall–Kier alpha value is -3.69. The maximum atomic E-state index is 12.9. The van der Waals surface area contributed by atoms with E-state index in [1.807, 2.05) is 43.3 Å². The maximum absolute atomic E-state index is 12.9. The molecule has 4 rings (SSSR count). The molecular formula is C24H19N3O2S. The molecule has 6 heteroatoms. The molecule has 0 aliphatic carbocycles. The van der Waals surface area contributed by atoms with Crippen molar-refractivity contribution in [2.24, 2.45) is 4.40 Å². The van der Waals surface area contributed by atoms with Crippen LogP contribution in [0.1, 0.15) is 22.3 Å². The lowest BCUT2D eigenvalue weighted by Crippen LogP contribution is -2.19. The Morgan fingerprint density at radius 2 is 1.67 bits per heavy atom. The summed E-state index contributed by atoms with van der Waals surface area (Å²) < 4.78 is 31.6. The molecule has 0 aliphatic heterocycles. The number of fused-ring (bicyclic) bond motifs is 1. The number of aromatic nitrogens is 1. The summed E-state index contributed by atoms with van der Waals surface area (Å²) in [6.45, 7) is 1.90. The minimum atomic E-state index is -3.91. The van der Waals surface area contributed by atoms with E-state index in [4.69, 9.17) is 0 Å². The zero-order valence-electron chi connectivity index (χ0n) is 16.4. The van der Waals surface area contributed by atoms with Crippen LogP contribution in [0.15, 0.2) is 94.4 Å². The molecule has 4 aromatic rings. The van der Waals surface area contributed by atoms with Gasteiger partial charge in [0, 0.05) is 6.20 Å². The minimum absolute atomic E-state index is 0.131. The number of nitrogens with zero attached hydrogens (tertiary/aromatic N) is 3. The Morgan fingerprint density at radius 1 is 0.967 bits per heavy atom. The number of hydrogen-bond acceptors (Lipinski definition) is 3. The molecule has 0 spiro atoms. The molecule has 0 atom stereocenters. The van der Waals surface area contributed by atoms with Gasteiger partial charge in [0.05, 0.1) is 16.0 Å². The first-order valence-corrected chi connectivity index (χ1v) is 10.9. The smallest absolute Gasteiger partial charge is 0.284 e. The van der Waals surface area contributed by atoms with E-state index in [0.717, 1.165) is 16.7 Å². The first-order chi connectivity index (χ1) is 14.5. The molecule has 148 valence electrons. The summed E-state index contributed by atoms with van der Waals surface area (Å²) in [5.41, 5.74) is 4.11. The first-order valence-electron chi connectivity index (χ1n) is 9.43. The molecule has 0 radical (unpaired) electrons. The number of rotatable bonds is 4. The van der Waals surface area contributed by atoms with Crippen LogP contribution in [-0.2, 0) is 16.4 Å². The van der Waals surface area contributed by atoms with Gasteiger partial charge in [-0.2, -0.15) is 13.7 Å². The lowest BCUT2D eigenvalue weighted by molar-refractivity contribution is 0.596. The zero-order chi connectivity index (χ0) is 21.1. The Kier molecular flexibility index (Phi) is 5.21. The number of hydrogen-bond donors (Lipinski definition) is 0. The monoisotopic (exact) mass is 413 g/mol. The fourth-order valence-electron chi connectivity index (χ4n) is 3.35. The van der Waals surface area contributed by atoms with Crippen molar-refractivity contribution < 1.29 is 8.42 Å². The Labute approximate surface area is 175 Å². The van der Waals surface area contributed by atoms with Gasteiger partial charge in [-0.3, -0.25) is 4.40 Å². The van der Waals surface area contributed by atoms with Crippen LogP contribution in [0.5, 0.6) is 0 Å². The second-order valence-electron chi connectivity index (χ2n) is 7.01. The van der Waals surface area contributed by atoms with E-state index in [2.05, 4.69) is 10.5 Å². The molecule has 0 unspecified atom stereocenters. The Balaban J connectivity index is 1.96. The Morgan fingerprint density at radius 3 is 2.37 bits per heavy atom. The van der Waals surface area contributed by atoms with E-state index in [1.165, 1.54) is 0 Å². The van der Waals surface area contributed by atoms with Crippen LogP contribution in [0.3, 0.4) is 0 Å². The van der Waals surface area contributed by atoms with Crippen molar-refractivity contribution in [2.45, 2.75) is 18.2 Å². The van der Waals surface area contributed by atoms with Crippen LogP contribution in [0.2, 0.25) is 0 Å². The standard InChI is InChI=1S/C24H19N3O2S/c1-18-10-12-21(13-11-18)30(28,29)26-24-16-20(15-19-7-3-2-4-8-19)22(17-25)23-9-5-6-14-27(23)24/h2-14,16H,15H2,1H3/b26-24-. The summed E-state index contributed by atoms with van der Waals surface area (Å²) >= 11 is 0. The third kappa shape index (κ3) is 3.88. The molecule has 0 saturated heterocycles. The lowest BCUT2D eigenvalue weighted by atomic mass is 10.0. The van der Waals surface area contributed by atoms with Gasteiger partial charge in [-0.25, -0.2) is 0 Å². The van der Waals surface area contributed by atoms with Crippen molar-refractivity contribution in [2.75, 3.05) is 0 Å². The van der Waals surface area contributed by atoms with Gasteiger partial charge in [0.1, 0.15) is 6.07 Å². The van der Waals surface area contributed by atoms with Crippen molar-refractivity contribution >= 4 is 15.5 Å². The summed E-state index contributed by atoms with van der Waals surface area (Å²) in [4.78, 5) is 0.131. The van der Waals surface area contributed by atoms with Gasteiger partial charge in [-0.1, -0.05) is 54.1 Å². The van der Waals surface area contributed by atoms with Crippen molar-refractivity contribution in [1.29, 1.82) is 5.26 Å². The Bertz CT molecular complexity index is 1430. The predicted molar refractivity (Wildman–Crippen MR) is 115 cm³/mol. The summed E-state index contributed by atoms with van der Waals surface area (Å²) in [6, 6.07) is 25.7.